The second kappa shape index (κ2) is 23.4. The summed E-state index contributed by atoms with van der Waals surface area (Å²) in [6.07, 6.45) is 18.5. The highest BCUT2D eigenvalue weighted by Gasteiger charge is 2.22. The van der Waals surface area contributed by atoms with Crippen molar-refractivity contribution in [3.05, 3.63) is 0 Å². The second-order valence-corrected chi connectivity index (χ2v) is 8.38. The normalized spacial score (nSPS) is 11.8. The summed E-state index contributed by atoms with van der Waals surface area (Å²) in [5.41, 5.74) is 0. The fourth-order valence-corrected chi connectivity index (χ4v) is 3.45. The van der Waals surface area contributed by atoms with Gasteiger partial charge < -0.3 is 19.5 Å². The van der Waals surface area contributed by atoms with Gasteiger partial charge in [0, 0.05) is 7.11 Å². The highest BCUT2D eigenvalue weighted by molar-refractivity contribution is 5.81. The van der Waals surface area contributed by atoms with Gasteiger partial charge in [-0.25, -0.2) is 9.59 Å². The lowest BCUT2D eigenvalue weighted by Gasteiger charge is -2.17. The van der Waals surface area contributed by atoms with Crippen LogP contribution in [0.1, 0.15) is 117 Å². The molecule has 1 amide bonds. The number of carbonyl (C=O) groups is 2. The van der Waals surface area contributed by atoms with Crippen molar-refractivity contribution in [2.75, 3.05) is 26.9 Å². The van der Waals surface area contributed by atoms with Crippen LogP contribution in [0.15, 0.2) is 0 Å². The predicted octanol–water partition coefficient (Wildman–Crippen LogP) is 6.55. The van der Waals surface area contributed by atoms with Gasteiger partial charge in [-0.05, 0) is 12.8 Å². The molecule has 184 valence electrons. The van der Waals surface area contributed by atoms with Crippen molar-refractivity contribution in [2.24, 2.45) is 0 Å². The van der Waals surface area contributed by atoms with Crippen molar-refractivity contribution in [1.29, 1.82) is 0 Å². The number of unbranched alkanes of at least 4 members (excludes halogenated alkanes) is 13. The van der Waals surface area contributed by atoms with Crippen LogP contribution in [0.4, 0.5) is 4.79 Å². The first-order chi connectivity index (χ1) is 15.2. The molecular weight excluding hydrogens is 394 g/mol. The fraction of sp³-hybridized carbons (Fsp3) is 0.920. The quantitative estimate of drug-likeness (QED) is 0.152. The highest BCUT2D eigenvalue weighted by Crippen LogP contribution is 2.12. The summed E-state index contributed by atoms with van der Waals surface area (Å²) in [5.74, 6) is -0.365. The van der Waals surface area contributed by atoms with Gasteiger partial charge in [0.25, 0.3) is 0 Å². The maximum absolute atomic E-state index is 12.3. The molecule has 0 radical (unpaired) electrons. The van der Waals surface area contributed by atoms with Gasteiger partial charge in [-0.3, -0.25) is 0 Å². The zero-order valence-corrected chi connectivity index (χ0v) is 20.6. The lowest BCUT2D eigenvalue weighted by Crippen LogP contribution is -2.42. The Morgan fingerprint density at radius 1 is 0.645 bits per heavy atom. The second-order valence-electron chi connectivity index (χ2n) is 8.38. The van der Waals surface area contributed by atoms with Gasteiger partial charge in [-0.15, -0.1) is 0 Å². The number of rotatable bonds is 22. The third kappa shape index (κ3) is 20.4. The van der Waals surface area contributed by atoms with E-state index in [1.165, 1.54) is 70.6 Å². The number of hydrogen-bond donors (Lipinski definition) is 1. The Kier molecular flexibility index (Phi) is 22.4. The number of hydrogen-bond acceptors (Lipinski definition) is 5. The van der Waals surface area contributed by atoms with E-state index in [2.05, 4.69) is 12.2 Å². The predicted molar refractivity (Wildman–Crippen MR) is 126 cm³/mol. The molecule has 0 saturated heterocycles. The summed E-state index contributed by atoms with van der Waals surface area (Å²) in [6, 6.07) is -0.642. The summed E-state index contributed by atoms with van der Waals surface area (Å²) in [5, 5.41) is 2.62. The summed E-state index contributed by atoms with van der Waals surface area (Å²) >= 11 is 0. The van der Waals surface area contributed by atoms with Crippen LogP contribution >= 0.6 is 0 Å². The molecule has 1 N–H and O–H groups in total. The van der Waals surface area contributed by atoms with Crippen molar-refractivity contribution < 1.29 is 23.8 Å². The van der Waals surface area contributed by atoms with Crippen molar-refractivity contribution in [3.8, 4) is 0 Å². The van der Waals surface area contributed by atoms with Gasteiger partial charge in [0.1, 0.15) is 12.6 Å². The van der Waals surface area contributed by atoms with Crippen LogP contribution in [-0.2, 0) is 19.0 Å². The van der Waals surface area contributed by atoms with Gasteiger partial charge >= 0.3 is 12.1 Å². The Bertz CT molecular complexity index is 417. The van der Waals surface area contributed by atoms with Crippen LogP contribution in [-0.4, -0.2) is 45.0 Å². The fourth-order valence-electron chi connectivity index (χ4n) is 3.45. The third-order valence-electron chi connectivity index (χ3n) is 5.44. The monoisotopic (exact) mass is 443 g/mol. The molecule has 31 heavy (non-hydrogen) atoms. The van der Waals surface area contributed by atoms with E-state index in [0.717, 1.165) is 25.7 Å². The Morgan fingerprint density at radius 2 is 1.16 bits per heavy atom. The zero-order chi connectivity index (χ0) is 23.0. The van der Waals surface area contributed by atoms with E-state index in [-0.39, 0.29) is 12.6 Å². The zero-order valence-electron chi connectivity index (χ0n) is 20.6. The number of methoxy groups -OCH3 is 1. The molecule has 0 aromatic carbocycles. The maximum atomic E-state index is 12.3. The SMILES string of the molecule is CCCCCCCCCCCCCCCOC(=O)C(CCCC)NC(=O)OCCOC. The lowest BCUT2D eigenvalue weighted by atomic mass is 10.0. The van der Waals surface area contributed by atoms with Crippen LogP contribution in [0.3, 0.4) is 0 Å². The van der Waals surface area contributed by atoms with E-state index in [1.807, 2.05) is 6.92 Å². The molecule has 0 saturated carbocycles. The molecule has 0 fully saturated rings. The van der Waals surface area contributed by atoms with E-state index in [4.69, 9.17) is 14.2 Å². The maximum Gasteiger partial charge on any atom is 0.407 e. The summed E-state index contributed by atoms with van der Waals surface area (Å²) in [6.45, 7) is 5.22. The number of amides is 1. The van der Waals surface area contributed by atoms with Gasteiger partial charge in [0.15, 0.2) is 0 Å². The highest BCUT2D eigenvalue weighted by atomic mass is 16.6. The molecule has 0 aliphatic heterocycles. The van der Waals surface area contributed by atoms with Crippen molar-refractivity contribution in [2.45, 2.75) is 123 Å². The van der Waals surface area contributed by atoms with E-state index in [9.17, 15) is 9.59 Å². The molecule has 0 spiro atoms. The van der Waals surface area contributed by atoms with E-state index >= 15 is 0 Å². The topological polar surface area (TPSA) is 73.9 Å². The molecule has 0 aromatic rings. The summed E-state index contributed by atoms with van der Waals surface area (Å²) in [7, 11) is 1.54. The third-order valence-corrected chi connectivity index (χ3v) is 5.44. The minimum atomic E-state index is -0.642. The molecule has 1 unspecified atom stereocenters. The Balaban J connectivity index is 3.72. The lowest BCUT2D eigenvalue weighted by molar-refractivity contribution is -0.146. The van der Waals surface area contributed by atoms with Crippen LogP contribution in [0, 0.1) is 0 Å². The molecule has 0 heterocycles. The minimum absolute atomic E-state index is 0.164. The Morgan fingerprint density at radius 3 is 1.68 bits per heavy atom. The Hall–Kier alpha value is -1.30. The molecule has 0 aromatic heterocycles. The molecule has 6 nitrogen and oxygen atoms in total. The van der Waals surface area contributed by atoms with Crippen molar-refractivity contribution >= 4 is 12.1 Å². The first-order valence-electron chi connectivity index (χ1n) is 12.7. The molecular formula is C25H49NO5. The van der Waals surface area contributed by atoms with Gasteiger partial charge in [-0.1, -0.05) is 104 Å². The van der Waals surface area contributed by atoms with E-state index in [1.54, 1.807) is 7.11 Å². The number of carbonyl (C=O) groups excluding carboxylic acids is 2. The van der Waals surface area contributed by atoms with Crippen molar-refractivity contribution in [3.63, 3.8) is 0 Å². The molecule has 0 aliphatic carbocycles. The minimum Gasteiger partial charge on any atom is -0.464 e. The number of nitrogens with one attached hydrogen (secondary N) is 1. The van der Waals surface area contributed by atoms with Crippen LogP contribution < -0.4 is 5.32 Å². The first-order valence-corrected chi connectivity index (χ1v) is 12.7. The summed E-state index contributed by atoms with van der Waals surface area (Å²) in [4.78, 5) is 24.1. The van der Waals surface area contributed by atoms with Crippen LogP contribution in [0.2, 0.25) is 0 Å². The summed E-state index contributed by atoms with van der Waals surface area (Å²) < 4.78 is 15.2. The molecule has 1 atom stereocenters. The largest absolute Gasteiger partial charge is 0.464 e. The van der Waals surface area contributed by atoms with Crippen LogP contribution in [0.5, 0.6) is 0 Å². The first kappa shape index (κ1) is 29.7. The molecule has 0 rings (SSSR count). The van der Waals surface area contributed by atoms with Crippen LogP contribution in [0.25, 0.3) is 0 Å². The van der Waals surface area contributed by atoms with E-state index < -0.39 is 12.1 Å². The van der Waals surface area contributed by atoms with E-state index in [0.29, 0.717) is 19.6 Å². The molecule has 0 bridgehead atoms. The Labute approximate surface area is 191 Å². The van der Waals surface area contributed by atoms with Gasteiger partial charge in [-0.2, -0.15) is 0 Å². The smallest absolute Gasteiger partial charge is 0.407 e. The number of ether oxygens (including phenoxy) is 3. The van der Waals surface area contributed by atoms with Gasteiger partial charge in [0.2, 0.25) is 0 Å². The molecule has 6 heteroatoms. The average molecular weight is 444 g/mol. The number of esters is 1. The number of alkyl carbamates (subject to hydrolysis) is 1. The van der Waals surface area contributed by atoms with Gasteiger partial charge in [0.05, 0.1) is 13.2 Å². The molecule has 0 aliphatic rings. The average Bonchev–Trinajstić information content (AvgIpc) is 2.76. The van der Waals surface area contributed by atoms with Crippen molar-refractivity contribution in [1.82, 2.24) is 5.32 Å². The standard InChI is InChI=1S/C25H49NO5/c1-4-6-8-9-10-11-12-13-14-15-16-17-18-20-30-24(27)23(19-7-5-2)26-25(28)31-22-21-29-3/h23H,4-22H2,1-3H3,(H,26,28).